The van der Waals surface area contributed by atoms with Gasteiger partial charge in [-0.3, -0.25) is 11.8 Å². The van der Waals surface area contributed by atoms with Gasteiger partial charge in [0.25, 0.3) is 0 Å². The Labute approximate surface area is 384 Å². The normalized spacial score (nSPS) is 11.0. The number of hydrogen-bond donors (Lipinski definition) is 0. The number of rotatable bonds is 6. The third kappa shape index (κ3) is 10.2. The van der Waals surface area contributed by atoms with Crippen molar-refractivity contribution in [2.75, 3.05) is 5.90 Å². The molecule has 8 aromatic rings. The molecule has 0 spiro atoms. The second-order valence-electron chi connectivity index (χ2n) is 14.2. The molecule has 292 valence electrons. The van der Waals surface area contributed by atoms with Gasteiger partial charge < -0.3 is 12.8 Å². The Morgan fingerprint density at radius 3 is 0.949 bits per heavy atom. The van der Waals surface area contributed by atoms with Crippen LogP contribution in [0.1, 0.15) is 33.4 Å². The molecule has 0 aliphatic heterocycles. The van der Waals surface area contributed by atoms with E-state index >= 15 is 0 Å². The quantitative estimate of drug-likeness (QED) is 0.0674. The van der Waals surface area contributed by atoms with Crippen molar-refractivity contribution in [2.45, 2.75) is 12.8 Å². The summed E-state index contributed by atoms with van der Waals surface area (Å²) < 4.78 is 0. The summed E-state index contributed by atoms with van der Waals surface area (Å²) in [5.41, 5.74) is 12.1. The van der Waals surface area contributed by atoms with Gasteiger partial charge in [-0.15, -0.1) is 23.3 Å². The summed E-state index contributed by atoms with van der Waals surface area (Å²) in [6.07, 6.45) is 16.6. The molecule has 0 radical (unpaired) electrons. The molecule has 0 amide bonds. The third-order valence-electron chi connectivity index (χ3n) is 10.7. The predicted molar refractivity (Wildman–Crippen MR) is 248 cm³/mol. The van der Waals surface area contributed by atoms with Gasteiger partial charge in [-0.1, -0.05) is 168 Å². The Morgan fingerprint density at radius 1 is 0.339 bits per heavy atom. The summed E-state index contributed by atoms with van der Waals surface area (Å²) in [5.74, 6) is 6.28. The van der Waals surface area contributed by atoms with E-state index in [1.54, 1.807) is 0 Å². The van der Waals surface area contributed by atoms with Crippen LogP contribution in [0.2, 0.25) is 0 Å². The van der Waals surface area contributed by atoms with E-state index in [-0.39, 0.29) is 44.8 Å². The number of hydrogen-bond acceptors (Lipinski definition) is 0. The van der Waals surface area contributed by atoms with Crippen LogP contribution in [-0.4, -0.2) is 5.90 Å². The largest absolute Gasteiger partial charge is 1.00 e. The minimum Gasteiger partial charge on any atom is -0.366 e. The Hall–Kier alpha value is -4.78. The molecule has 0 nitrogen and oxygen atoms in total. The summed E-state index contributed by atoms with van der Waals surface area (Å²) in [6.45, 7) is 0. The molecule has 0 bridgehead atoms. The Balaban J connectivity index is 0.000000156. The van der Waals surface area contributed by atoms with Crippen molar-refractivity contribution >= 4 is 37.1 Å². The van der Waals surface area contributed by atoms with E-state index in [4.69, 9.17) is 12.8 Å². The molecule has 10 rings (SSSR count). The van der Waals surface area contributed by atoms with Crippen LogP contribution in [0.3, 0.4) is 0 Å². The Bertz CT molecular complexity index is 2420. The molecule has 59 heavy (non-hydrogen) atoms. The van der Waals surface area contributed by atoms with Crippen LogP contribution in [0.5, 0.6) is 0 Å². The van der Waals surface area contributed by atoms with Gasteiger partial charge in [0.05, 0.1) is 0 Å². The molecule has 0 heterocycles. The van der Waals surface area contributed by atoms with Crippen LogP contribution in [0.4, 0.5) is 0 Å². The van der Waals surface area contributed by atoms with Crippen molar-refractivity contribution in [1.82, 2.24) is 0 Å². The van der Waals surface area contributed by atoms with E-state index in [1.807, 2.05) is 24.3 Å². The molecule has 0 unspecified atom stereocenters. The van der Waals surface area contributed by atoms with E-state index in [9.17, 15) is 0 Å². The molecule has 0 atom stereocenters. The monoisotopic (exact) mass is 978 g/mol. The van der Waals surface area contributed by atoms with Gasteiger partial charge in [0.2, 0.25) is 0 Å². The minimum atomic E-state index is -0.847. The molecule has 0 aromatic heterocycles. The number of benzene rings is 8. The molecule has 4 heteroatoms. The van der Waals surface area contributed by atoms with Crippen molar-refractivity contribution in [3.63, 3.8) is 0 Å². The first-order valence-corrected chi connectivity index (χ1v) is 22.8. The molecule has 8 aromatic carbocycles. The van der Waals surface area contributed by atoms with Crippen LogP contribution in [0.15, 0.2) is 206 Å². The summed E-state index contributed by atoms with van der Waals surface area (Å²) >= 11 is 0. The fraction of sp³-hybridized carbons (Fsp3) is 0.0545. The molecule has 2 aliphatic rings. The Morgan fingerprint density at radius 2 is 0.627 bits per heavy atom. The van der Waals surface area contributed by atoms with Crippen LogP contribution < -0.4 is 21.2 Å². The maximum atomic E-state index is 7.30. The van der Waals surface area contributed by atoms with Gasteiger partial charge >= 0.3 is 44.8 Å². The molecule has 2 aliphatic carbocycles. The maximum absolute atomic E-state index is 7.30. The van der Waals surface area contributed by atoms with Crippen molar-refractivity contribution < 1.29 is 44.8 Å². The van der Waals surface area contributed by atoms with E-state index < -0.39 is 15.8 Å². The molecular formula is C55H42Ag2P2+2. The molecule has 0 N–H and O–H groups in total. The zero-order valence-corrected chi connectivity index (χ0v) is 37.3. The first-order valence-electron chi connectivity index (χ1n) is 19.4. The van der Waals surface area contributed by atoms with Crippen LogP contribution >= 0.6 is 15.8 Å². The van der Waals surface area contributed by atoms with E-state index in [2.05, 4.69) is 194 Å². The fourth-order valence-corrected chi connectivity index (χ4v) is 15.8. The summed E-state index contributed by atoms with van der Waals surface area (Å²) in [5, 5.41) is 6.01. The van der Waals surface area contributed by atoms with E-state index in [1.165, 1.54) is 71.6 Å². The second-order valence-corrected chi connectivity index (χ2v) is 19.8. The third-order valence-corrected chi connectivity index (χ3v) is 17.7. The van der Waals surface area contributed by atoms with Crippen molar-refractivity contribution in [3.05, 3.63) is 252 Å². The average Bonchev–Trinajstić information content (AvgIpc) is 3.87. The standard InChI is InChI=1S/C25H22P2.2C15H9.2Ag/c1-5-13-22(14-6-1)26(23-15-7-2-8-16-23)21-27(24-17-9-3-10-18-24)25-19-11-4-12-20-25;2*1-2-11-7-5-8-13-10-12-6-3-4-9-14(12)15(11)13;;/h1-20H,21H2;2*3-9H,10H2;;/q;2*-1;2*+1/p+2. The second kappa shape index (κ2) is 21.5. The van der Waals surface area contributed by atoms with Gasteiger partial charge in [-0.2, -0.15) is 0 Å². The van der Waals surface area contributed by atoms with Gasteiger partial charge in [-0.25, -0.2) is 0 Å². The average molecular weight is 981 g/mol. The zero-order valence-electron chi connectivity index (χ0n) is 32.4. The van der Waals surface area contributed by atoms with Gasteiger partial charge in [0.1, 0.15) is 37.1 Å². The molecule has 0 saturated carbocycles. The molecule has 0 fully saturated rings. The van der Waals surface area contributed by atoms with Crippen LogP contribution in [0, 0.1) is 24.7 Å². The van der Waals surface area contributed by atoms with Gasteiger partial charge in [-0.05, 0) is 83.6 Å². The minimum absolute atomic E-state index is 0. The van der Waals surface area contributed by atoms with Crippen molar-refractivity contribution in [3.8, 4) is 34.1 Å². The first-order chi connectivity index (χ1) is 28.2. The Kier molecular flexibility index (Phi) is 15.9. The van der Waals surface area contributed by atoms with Crippen molar-refractivity contribution in [2.24, 2.45) is 0 Å². The smallest absolute Gasteiger partial charge is 0.366 e. The van der Waals surface area contributed by atoms with Crippen LogP contribution in [-0.2, 0) is 57.6 Å². The summed E-state index contributed by atoms with van der Waals surface area (Å²) in [7, 11) is -1.69. The first kappa shape index (κ1) is 43.8. The van der Waals surface area contributed by atoms with E-state index in [0.29, 0.717) is 0 Å². The van der Waals surface area contributed by atoms with Gasteiger partial charge in [0.15, 0.2) is 5.90 Å². The van der Waals surface area contributed by atoms with Gasteiger partial charge in [0, 0.05) is 0 Å². The fourth-order valence-electron chi connectivity index (χ4n) is 8.06. The summed E-state index contributed by atoms with van der Waals surface area (Å²) in [4.78, 5) is 0. The maximum Gasteiger partial charge on any atom is 1.00 e. The topological polar surface area (TPSA) is 0 Å². The molecular weight excluding hydrogens is 938 g/mol. The number of fused-ring (bicyclic) bond motifs is 6. The molecule has 0 saturated heterocycles. The van der Waals surface area contributed by atoms with Crippen molar-refractivity contribution in [1.29, 1.82) is 0 Å². The summed E-state index contributed by atoms with van der Waals surface area (Å²) in [6, 6.07) is 73.4. The zero-order chi connectivity index (χ0) is 38.8. The van der Waals surface area contributed by atoms with E-state index in [0.717, 1.165) is 24.0 Å². The SMILES string of the molecule is [Ag+].[Ag+].[C-]#Cc1cccc2c1-c1ccccc1C2.[C-]#Cc1cccc2c1-c1ccccc1C2.c1ccc([PH+](C[PH+](c2ccccc2)c2ccccc2)c2ccccc2)cc1. The van der Waals surface area contributed by atoms with Crippen LogP contribution in [0.25, 0.3) is 22.3 Å². The predicted octanol–water partition coefficient (Wildman–Crippen LogP) is 11.1.